The average Bonchev–Trinajstić information content (AvgIpc) is 3.26. The van der Waals surface area contributed by atoms with Crippen LogP contribution in [-0.4, -0.2) is 45.3 Å². The van der Waals surface area contributed by atoms with Gasteiger partial charge in [0.2, 0.25) is 0 Å². The Morgan fingerprint density at radius 1 is 1.32 bits per heavy atom. The van der Waals surface area contributed by atoms with Gasteiger partial charge < -0.3 is 19.4 Å². The van der Waals surface area contributed by atoms with Gasteiger partial charge in [-0.25, -0.2) is 4.79 Å². The second kappa shape index (κ2) is 6.56. The van der Waals surface area contributed by atoms with Gasteiger partial charge in [0.05, 0.1) is 19.8 Å². The van der Waals surface area contributed by atoms with E-state index in [-0.39, 0.29) is 12.1 Å². The maximum absolute atomic E-state index is 12.7. The zero-order valence-electron chi connectivity index (χ0n) is 13.9. The Hall–Kier alpha value is -2.87. The van der Waals surface area contributed by atoms with Gasteiger partial charge in [0.25, 0.3) is 0 Å². The summed E-state index contributed by atoms with van der Waals surface area (Å²) in [5.74, 6) is 2.23. The largest absolute Gasteiger partial charge is 0.464 e. The van der Waals surface area contributed by atoms with Crippen LogP contribution in [0.1, 0.15) is 23.4 Å². The quantitative estimate of drug-likeness (QED) is 0.787. The summed E-state index contributed by atoms with van der Waals surface area (Å²) in [6.45, 7) is 3.63. The minimum atomic E-state index is -0.224. The minimum Gasteiger partial charge on any atom is -0.464 e. The zero-order chi connectivity index (χ0) is 17.2. The normalized spacial score (nSPS) is 17.8. The number of nitrogens with zero attached hydrogens (tertiary/aromatic N) is 4. The Balaban J connectivity index is 1.47. The Morgan fingerprint density at radius 2 is 2.24 bits per heavy atom. The van der Waals surface area contributed by atoms with Crippen LogP contribution >= 0.6 is 0 Å². The number of furan rings is 1. The summed E-state index contributed by atoms with van der Waals surface area (Å²) in [5.41, 5.74) is 0.752. The van der Waals surface area contributed by atoms with Gasteiger partial charge in [0.1, 0.15) is 17.6 Å². The second-order valence-corrected chi connectivity index (χ2v) is 5.94. The van der Waals surface area contributed by atoms with Crippen LogP contribution in [0.25, 0.3) is 5.65 Å². The molecule has 1 fully saturated rings. The van der Waals surface area contributed by atoms with E-state index in [4.69, 9.17) is 9.15 Å². The van der Waals surface area contributed by atoms with Crippen LogP contribution in [0, 0.1) is 6.92 Å². The summed E-state index contributed by atoms with van der Waals surface area (Å²) in [4.78, 5) is 14.4. The van der Waals surface area contributed by atoms with Crippen molar-refractivity contribution in [3.8, 4) is 0 Å². The van der Waals surface area contributed by atoms with Crippen molar-refractivity contribution in [1.29, 1.82) is 0 Å². The molecule has 3 aromatic heterocycles. The molecule has 3 aromatic rings. The number of rotatable bonds is 3. The Kier molecular flexibility index (Phi) is 4.10. The van der Waals surface area contributed by atoms with Crippen LogP contribution in [0.2, 0.25) is 0 Å². The summed E-state index contributed by atoms with van der Waals surface area (Å²) >= 11 is 0. The van der Waals surface area contributed by atoms with Crippen molar-refractivity contribution in [3.05, 3.63) is 53.9 Å². The van der Waals surface area contributed by atoms with Crippen molar-refractivity contribution in [2.75, 3.05) is 19.8 Å². The highest BCUT2D eigenvalue weighted by atomic mass is 16.5. The Bertz CT molecular complexity index is 887. The van der Waals surface area contributed by atoms with E-state index in [1.54, 1.807) is 4.90 Å². The van der Waals surface area contributed by atoms with Crippen molar-refractivity contribution < 1.29 is 13.9 Å². The molecule has 0 saturated carbocycles. The number of pyridine rings is 1. The molecule has 4 heterocycles. The van der Waals surface area contributed by atoms with Gasteiger partial charge in [-0.15, -0.1) is 10.2 Å². The van der Waals surface area contributed by atoms with Crippen LogP contribution in [-0.2, 0) is 11.3 Å². The van der Waals surface area contributed by atoms with Gasteiger partial charge in [-0.1, -0.05) is 6.07 Å². The SMILES string of the molecule is Cc1ccc(C2COCCN2C(=O)NCc2nnc3ccccn23)o1. The van der Waals surface area contributed by atoms with Crippen molar-refractivity contribution in [2.24, 2.45) is 0 Å². The molecule has 2 amide bonds. The fourth-order valence-corrected chi connectivity index (χ4v) is 2.98. The third kappa shape index (κ3) is 3.08. The molecule has 1 atom stereocenters. The van der Waals surface area contributed by atoms with Gasteiger partial charge in [-0.3, -0.25) is 4.40 Å². The molecule has 25 heavy (non-hydrogen) atoms. The lowest BCUT2D eigenvalue weighted by molar-refractivity contribution is 0.00396. The maximum atomic E-state index is 12.7. The number of morpholine rings is 1. The fraction of sp³-hybridized carbons (Fsp3) is 0.353. The summed E-state index contributed by atoms with van der Waals surface area (Å²) in [7, 11) is 0. The topological polar surface area (TPSA) is 84.9 Å². The zero-order valence-corrected chi connectivity index (χ0v) is 13.9. The van der Waals surface area contributed by atoms with E-state index in [1.165, 1.54) is 0 Å². The van der Waals surface area contributed by atoms with Crippen molar-refractivity contribution >= 4 is 11.7 Å². The van der Waals surface area contributed by atoms with Crippen LogP contribution < -0.4 is 5.32 Å². The minimum absolute atomic E-state index is 0.171. The van der Waals surface area contributed by atoms with E-state index in [9.17, 15) is 4.79 Å². The first kappa shape index (κ1) is 15.6. The molecule has 1 N–H and O–H groups in total. The van der Waals surface area contributed by atoms with Gasteiger partial charge in [-0.2, -0.15) is 0 Å². The molecule has 1 saturated heterocycles. The number of hydrogen-bond acceptors (Lipinski definition) is 5. The fourth-order valence-electron chi connectivity index (χ4n) is 2.98. The maximum Gasteiger partial charge on any atom is 0.318 e. The van der Waals surface area contributed by atoms with Crippen LogP contribution in [0.15, 0.2) is 40.9 Å². The molecule has 0 aromatic carbocycles. The van der Waals surface area contributed by atoms with Crippen LogP contribution in [0.3, 0.4) is 0 Å². The molecule has 1 unspecified atom stereocenters. The van der Waals surface area contributed by atoms with Crippen molar-refractivity contribution in [1.82, 2.24) is 24.8 Å². The van der Waals surface area contributed by atoms with Crippen molar-refractivity contribution in [3.63, 3.8) is 0 Å². The van der Waals surface area contributed by atoms with E-state index in [2.05, 4.69) is 15.5 Å². The highest BCUT2D eigenvalue weighted by molar-refractivity contribution is 5.74. The number of aromatic nitrogens is 3. The Labute approximate surface area is 144 Å². The number of hydrogen-bond donors (Lipinski definition) is 1. The molecule has 1 aliphatic heterocycles. The standard InChI is InChI=1S/C17H19N5O3/c1-12-5-6-14(25-12)13-11-24-9-8-21(13)17(23)18-10-16-20-19-15-4-2-3-7-22(15)16/h2-7,13H,8-11H2,1H3,(H,18,23). The van der Waals surface area contributed by atoms with Crippen LogP contribution in [0.5, 0.6) is 0 Å². The molecule has 0 spiro atoms. The van der Waals surface area contributed by atoms with E-state index in [0.29, 0.717) is 32.1 Å². The highest BCUT2D eigenvalue weighted by Crippen LogP contribution is 2.25. The van der Waals surface area contributed by atoms with Gasteiger partial charge in [0, 0.05) is 12.7 Å². The highest BCUT2D eigenvalue weighted by Gasteiger charge is 2.30. The number of ether oxygens (including phenoxy) is 1. The molecular formula is C17H19N5O3. The number of nitrogens with one attached hydrogen (secondary N) is 1. The first-order valence-electron chi connectivity index (χ1n) is 8.19. The third-order valence-electron chi connectivity index (χ3n) is 4.26. The van der Waals surface area contributed by atoms with E-state index >= 15 is 0 Å². The first-order valence-corrected chi connectivity index (χ1v) is 8.19. The monoisotopic (exact) mass is 341 g/mol. The molecule has 4 rings (SSSR count). The molecule has 0 radical (unpaired) electrons. The summed E-state index contributed by atoms with van der Waals surface area (Å²) < 4.78 is 13.1. The number of aryl methyl sites for hydroxylation is 1. The second-order valence-electron chi connectivity index (χ2n) is 5.94. The van der Waals surface area contributed by atoms with E-state index in [1.807, 2.05) is 47.9 Å². The number of carbonyl (C=O) groups is 1. The van der Waals surface area contributed by atoms with E-state index in [0.717, 1.165) is 17.2 Å². The molecule has 8 heteroatoms. The molecule has 1 aliphatic rings. The number of urea groups is 1. The molecule has 0 aliphatic carbocycles. The summed E-state index contributed by atoms with van der Waals surface area (Å²) in [6, 6.07) is 9.06. The van der Waals surface area contributed by atoms with Gasteiger partial charge in [-0.05, 0) is 31.2 Å². The molecular weight excluding hydrogens is 322 g/mol. The number of fused-ring (bicyclic) bond motifs is 1. The molecule has 130 valence electrons. The molecule has 0 bridgehead atoms. The van der Waals surface area contributed by atoms with E-state index < -0.39 is 0 Å². The average molecular weight is 341 g/mol. The third-order valence-corrected chi connectivity index (χ3v) is 4.26. The predicted octanol–water partition coefficient (Wildman–Crippen LogP) is 1.91. The lowest BCUT2D eigenvalue weighted by atomic mass is 10.2. The number of carbonyl (C=O) groups excluding carboxylic acids is 1. The predicted molar refractivity (Wildman–Crippen MR) is 88.9 cm³/mol. The summed E-state index contributed by atoms with van der Waals surface area (Å²) in [6.07, 6.45) is 1.87. The van der Waals surface area contributed by atoms with Crippen molar-refractivity contribution in [2.45, 2.75) is 19.5 Å². The lowest BCUT2D eigenvalue weighted by Gasteiger charge is -2.34. The lowest BCUT2D eigenvalue weighted by Crippen LogP contribution is -2.47. The van der Waals surface area contributed by atoms with Crippen LogP contribution in [0.4, 0.5) is 4.79 Å². The number of amides is 2. The Morgan fingerprint density at radius 3 is 3.08 bits per heavy atom. The molecule has 8 nitrogen and oxygen atoms in total. The smallest absolute Gasteiger partial charge is 0.318 e. The summed E-state index contributed by atoms with van der Waals surface area (Å²) in [5, 5.41) is 11.1. The van der Waals surface area contributed by atoms with Gasteiger partial charge in [0.15, 0.2) is 11.5 Å². The first-order chi connectivity index (χ1) is 12.2. The van der Waals surface area contributed by atoms with Gasteiger partial charge >= 0.3 is 6.03 Å².